The molecule has 0 saturated carbocycles. The summed E-state index contributed by atoms with van der Waals surface area (Å²) >= 11 is 1.24. The number of aromatic nitrogens is 2. The predicted octanol–water partition coefficient (Wildman–Crippen LogP) is 3.91. The number of amides is 1. The second kappa shape index (κ2) is 9.64. The molecule has 2 aromatic heterocycles. The van der Waals surface area contributed by atoms with E-state index in [0.717, 1.165) is 5.56 Å². The molecule has 0 saturated heterocycles. The van der Waals surface area contributed by atoms with Gasteiger partial charge in [0, 0.05) is 19.2 Å². The summed E-state index contributed by atoms with van der Waals surface area (Å²) < 4.78 is 17.9. The highest BCUT2D eigenvalue weighted by atomic mass is 32.2. The number of rotatable bonds is 8. The van der Waals surface area contributed by atoms with Gasteiger partial charge in [-0.05, 0) is 30.7 Å². The van der Waals surface area contributed by atoms with Crippen LogP contribution in [0.5, 0.6) is 11.5 Å². The third-order valence-electron chi connectivity index (χ3n) is 5.58. The molecule has 8 nitrogen and oxygen atoms in total. The molecule has 0 atom stereocenters. The Kier molecular flexibility index (Phi) is 6.27. The van der Waals surface area contributed by atoms with Gasteiger partial charge in [-0.3, -0.25) is 14.2 Å². The number of hydrogen-bond acceptors (Lipinski definition) is 7. The van der Waals surface area contributed by atoms with E-state index >= 15 is 0 Å². The highest BCUT2D eigenvalue weighted by molar-refractivity contribution is 7.99. The molecule has 9 heteroatoms. The Balaban J connectivity index is 1.44. The molecule has 2 aromatic carbocycles. The van der Waals surface area contributed by atoms with Crippen molar-refractivity contribution >= 4 is 28.6 Å². The van der Waals surface area contributed by atoms with Crippen LogP contribution in [0, 0.1) is 0 Å². The van der Waals surface area contributed by atoms with Gasteiger partial charge >= 0.3 is 0 Å². The SMILES string of the molecule is CCN(Cc1ccccc1)C(=O)CSc1nc2cc3c(cc2c(=O)n1Cc1ccco1)OCO3. The number of benzene rings is 2. The zero-order valence-electron chi connectivity index (χ0n) is 18.6. The highest BCUT2D eigenvalue weighted by Gasteiger charge is 2.21. The molecule has 0 bridgehead atoms. The van der Waals surface area contributed by atoms with Gasteiger partial charge in [-0.2, -0.15) is 0 Å². The van der Waals surface area contributed by atoms with Crippen LogP contribution in [0.25, 0.3) is 10.9 Å². The number of furan rings is 1. The summed E-state index contributed by atoms with van der Waals surface area (Å²) in [7, 11) is 0. The van der Waals surface area contributed by atoms with E-state index in [-0.39, 0.29) is 30.6 Å². The molecule has 34 heavy (non-hydrogen) atoms. The average Bonchev–Trinajstić information content (AvgIpc) is 3.54. The summed E-state index contributed by atoms with van der Waals surface area (Å²) in [5.74, 6) is 1.82. The van der Waals surface area contributed by atoms with Crippen molar-refractivity contribution in [2.75, 3.05) is 19.1 Å². The molecule has 0 radical (unpaired) electrons. The summed E-state index contributed by atoms with van der Waals surface area (Å²) in [4.78, 5) is 32.9. The summed E-state index contributed by atoms with van der Waals surface area (Å²) in [6, 6.07) is 16.8. The van der Waals surface area contributed by atoms with Crippen molar-refractivity contribution in [1.82, 2.24) is 14.5 Å². The lowest BCUT2D eigenvalue weighted by Crippen LogP contribution is -2.32. The number of ether oxygens (including phenoxy) is 2. The second-order valence-electron chi connectivity index (χ2n) is 7.77. The molecular weight excluding hydrogens is 454 g/mol. The van der Waals surface area contributed by atoms with Crippen molar-refractivity contribution in [3.05, 3.63) is 82.5 Å². The number of fused-ring (bicyclic) bond motifs is 2. The largest absolute Gasteiger partial charge is 0.467 e. The van der Waals surface area contributed by atoms with E-state index in [1.54, 1.807) is 35.4 Å². The topological polar surface area (TPSA) is 86.8 Å². The Hall–Kier alpha value is -3.72. The van der Waals surface area contributed by atoms with Crippen LogP contribution >= 0.6 is 11.8 Å². The highest BCUT2D eigenvalue weighted by Crippen LogP contribution is 2.35. The molecule has 174 valence electrons. The van der Waals surface area contributed by atoms with Crippen molar-refractivity contribution in [1.29, 1.82) is 0 Å². The van der Waals surface area contributed by atoms with Gasteiger partial charge in [0.1, 0.15) is 5.76 Å². The number of thioether (sulfide) groups is 1. The minimum atomic E-state index is -0.230. The number of nitrogens with zero attached hydrogens (tertiary/aromatic N) is 3. The quantitative estimate of drug-likeness (QED) is 0.281. The number of hydrogen-bond donors (Lipinski definition) is 0. The molecule has 3 heterocycles. The van der Waals surface area contributed by atoms with Crippen molar-refractivity contribution in [3.63, 3.8) is 0 Å². The van der Waals surface area contributed by atoms with Crippen LogP contribution in [0.3, 0.4) is 0 Å². The molecule has 1 amide bonds. The maximum Gasteiger partial charge on any atom is 0.262 e. The minimum absolute atomic E-state index is 0.0269. The molecule has 5 rings (SSSR count). The van der Waals surface area contributed by atoms with E-state index in [0.29, 0.717) is 46.4 Å². The summed E-state index contributed by atoms with van der Waals surface area (Å²) in [5, 5.41) is 0.864. The van der Waals surface area contributed by atoms with Gasteiger partial charge in [-0.25, -0.2) is 4.98 Å². The molecule has 0 fully saturated rings. The zero-order chi connectivity index (χ0) is 23.5. The van der Waals surface area contributed by atoms with E-state index in [1.807, 2.05) is 37.3 Å². The maximum absolute atomic E-state index is 13.4. The van der Waals surface area contributed by atoms with Crippen LogP contribution < -0.4 is 15.0 Å². The first-order valence-corrected chi connectivity index (χ1v) is 11.9. The van der Waals surface area contributed by atoms with Gasteiger partial charge in [-0.1, -0.05) is 42.1 Å². The Bertz CT molecular complexity index is 1370. The van der Waals surface area contributed by atoms with E-state index in [1.165, 1.54) is 16.3 Å². The molecule has 0 unspecified atom stereocenters. The first kappa shape index (κ1) is 22.1. The van der Waals surface area contributed by atoms with Crippen LogP contribution in [-0.4, -0.2) is 39.4 Å². The lowest BCUT2D eigenvalue weighted by atomic mass is 10.2. The predicted molar refractivity (Wildman–Crippen MR) is 128 cm³/mol. The van der Waals surface area contributed by atoms with Crippen LogP contribution in [-0.2, 0) is 17.9 Å². The third-order valence-corrected chi connectivity index (χ3v) is 6.54. The molecule has 0 N–H and O–H groups in total. The number of carbonyl (C=O) groups excluding carboxylic acids is 1. The van der Waals surface area contributed by atoms with Crippen molar-refractivity contribution in [3.8, 4) is 11.5 Å². The van der Waals surface area contributed by atoms with Gasteiger partial charge in [-0.15, -0.1) is 0 Å². The standard InChI is InChI=1S/C25H23N3O5S/c1-2-27(13-17-7-4-3-5-8-17)23(29)15-34-25-26-20-12-22-21(32-16-33-22)11-19(20)24(30)28(25)14-18-9-6-10-31-18/h3-12H,2,13-16H2,1H3. The fourth-order valence-corrected chi connectivity index (χ4v) is 4.70. The second-order valence-corrected chi connectivity index (χ2v) is 8.71. The molecule has 1 aliphatic rings. The fraction of sp³-hybridized carbons (Fsp3) is 0.240. The Labute approximate surface area is 200 Å². The maximum atomic E-state index is 13.4. The van der Waals surface area contributed by atoms with Gasteiger partial charge < -0.3 is 18.8 Å². The summed E-state index contributed by atoms with van der Waals surface area (Å²) in [6.07, 6.45) is 1.56. The number of carbonyl (C=O) groups is 1. The van der Waals surface area contributed by atoms with Crippen molar-refractivity contribution < 1.29 is 18.7 Å². The average molecular weight is 478 g/mol. The summed E-state index contributed by atoms with van der Waals surface area (Å²) in [6.45, 7) is 3.39. The lowest BCUT2D eigenvalue weighted by molar-refractivity contribution is -0.128. The monoisotopic (exact) mass is 477 g/mol. The van der Waals surface area contributed by atoms with E-state index < -0.39 is 0 Å². The van der Waals surface area contributed by atoms with E-state index in [9.17, 15) is 9.59 Å². The Morgan fingerprint density at radius 1 is 1.12 bits per heavy atom. The van der Waals surface area contributed by atoms with Crippen LogP contribution in [0.2, 0.25) is 0 Å². The normalized spacial score (nSPS) is 12.3. The van der Waals surface area contributed by atoms with Crippen molar-refractivity contribution in [2.45, 2.75) is 25.2 Å². The minimum Gasteiger partial charge on any atom is -0.467 e. The first-order chi connectivity index (χ1) is 16.6. The summed E-state index contributed by atoms with van der Waals surface area (Å²) in [5.41, 5.74) is 1.33. The van der Waals surface area contributed by atoms with E-state index in [4.69, 9.17) is 18.9 Å². The lowest BCUT2D eigenvalue weighted by Gasteiger charge is -2.21. The Morgan fingerprint density at radius 3 is 2.65 bits per heavy atom. The van der Waals surface area contributed by atoms with Gasteiger partial charge in [0.2, 0.25) is 12.7 Å². The van der Waals surface area contributed by atoms with Crippen LogP contribution in [0.15, 0.2) is 75.2 Å². The molecule has 1 aliphatic heterocycles. The van der Waals surface area contributed by atoms with Gasteiger partial charge in [0.15, 0.2) is 16.7 Å². The zero-order valence-corrected chi connectivity index (χ0v) is 19.4. The molecular formula is C25H23N3O5S. The molecule has 4 aromatic rings. The fourth-order valence-electron chi connectivity index (χ4n) is 3.80. The van der Waals surface area contributed by atoms with E-state index in [2.05, 4.69) is 0 Å². The first-order valence-electron chi connectivity index (χ1n) is 10.9. The Morgan fingerprint density at radius 2 is 1.91 bits per heavy atom. The molecule has 0 spiro atoms. The molecule has 0 aliphatic carbocycles. The smallest absolute Gasteiger partial charge is 0.262 e. The van der Waals surface area contributed by atoms with Gasteiger partial charge in [0.05, 0.1) is 29.5 Å². The van der Waals surface area contributed by atoms with Crippen molar-refractivity contribution in [2.24, 2.45) is 0 Å². The van der Waals surface area contributed by atoms with Crippen LogP contribution in [0.1, 0.15) is 18.2 Å². The van der Waals surface area contributed by atoms with Crippen LogP contribution in [0.4, 0.5) is 0 Å². The third kappa shape index (κ3) is 4.51. The van der Waals surface area contributed by atoms with Gasteiger partial charge in [0.25, 0.3) is 5.56 Å².